The summed E-state index contributed by atoms with van der Waals surface area (Å²) in [6.07, 6.45) is 1.83. The maximum atomic E-state index is 12.8. The monoisotopic (exact) mass is 439 g/mol. The molecule has 1 atom stereocenters. The van der Waals surface area contributed by atoms with Gasteiger partial charge in [0.1, 0.15) is 11.4 Å². The summed E-state index contributed by atoms with van der Waals surface area (Å²) >= 11 is 2.97. The normalized spacial score (nSPS) is 12.1. The molecule has 0 fully saturated rings. The summed E-state index contributed by atoms with van der Waals surface area (Å²) in [6.45, 7) is 5.85. The number of thiazole rings is 2. The van der Waals surface area contributed by atoms with E-state index >= 15 is 0 Å². The van der Waals surface area contributed by atoms with Crippen LogP contribution in [0.3, 0.4) is 0 Å². The van der Waals surface area contributed by atoms with Crippen LogP contribution in [0.1, 0.15) is 38.6 Å². The van der Waals surface area contributed by atoms with Gasteiger partial charge in [0.2, 0.25) is 0 Å². The minimum atomic E-state index is -0.265. The van der Waals surface area contributed by atoms with Crippen LogP contribution in [0.15, 0.2) is 41.9 Å². The number of aryl methyl sites for hydroxylation is 2. The smallest absolute Gasteiger partial charge is 0.271 e. The molecule has 0 bridgehead atoms. The maximum Gasteiger partial charge on any atom is 0.271 e. The second kappa shape index (κ2) is 8.37. The highest BCUT2D eigenvalue weighted by Crippen LogP contribution is 2.30. The van der Waals surface area contributed by atoms with Crippen molar-refractivity contribution in [2.45, 2.75) is 26.8 Å². The fourth-order valence-corrected chi connectivity index (χ4v) is 4.89. The highest BCUT2D eigenvalue weighted by Gasteiger charge is 2.21. The zero-order valence-electron chi connectivity index (χ0n) is 16.8. The van der Waals surface area contributed by atoms with Gasteiger partial charge in [-0.3, -0.25) is 14.0 Å². The number of carbonyl (C=O) groups excluding carboxylic acids is 2. The Morgan fingerprint density at radius 3 is 2.67 bits per heavy atom. The van der Waals surface area contributed by atoms with Crippen molar-refractivity contribution in [3.8, 4) is 10.4 Å². The molecule has 4 aromatic rings. The Kier molecular flexibility index (Phi) is 5.65. The average molecular weight is 440 g/mol. The Labute approximate surface area is 181 Å². The molecule has 0 saturated carbocycles. The third kappa shape index (κ3) is 3.99. The lowest BCUT2D eigenvalue weighted by molar-refractivity contribution is 0.0907. The molecule has 1 aromatic carbocycles. The first-order valence-corrected chi connectivity index (χ1v) is 11.2. The van der Waals surface area contributed by atoms with E-state index in [0.29, 0.717) is 23.6 Å². The number of hydrogen-bond acceptors (Lipinski definition) is 6. The summed E-state index contributed by atoms with van der Waals surface area (Å²) < 4.78 is 1.78. The van der Waals surface area contributed by atoms with Gasteiger partial charge in [-0.2, -0.15) is 0 Å². The number of benzene rings is 1. The van der Waals surface area contributed by atoms with Crippen LogP contribution in [0.25, 0.3) is 15.4 Å². The fraction of sp³-hybridized carbons (Fsp3) is 0.238. The molecule has 9 heteroatoms. The predicted octanol–water partition coefficient (Wildman–Crippen LogP) is 3.68. The van der Waals surface area contributed by atoms with Gasteiger partial charge in [0.25, 0.3) is 11.8 Å². The molecule has 2 N–H and O–H groups in total. The summed E-state index contributed by atoms with van der Waals surface area (Å²) in [4.78, 5) is 35.9. The Morgan fingerprint density at radius 1 is 1.13 bits per heavy atom. The minimum Gasteiger partial charge on any atom is -0.349 e. The third-order valence-corrected chi connectivity index (χ3v) is 6.36. The lowest BCUT2D eigenvalue weighted by atomic mass is 10.1. The number of carbonyl (C=O) groups is 2. The predicted molar refractivity (Wildman–Crippen MR) is 119 cm³/mol. The first-order chi connectivity index (χ1) is 14.4. The van der Waals surface area contributed by atoms with E-state index in [-0.39, 0.29) is 17.9 Å². The van der Waals surface area contributed by atoms with Crippen molar-refractivity contribution < 1.29 is 9.59 Å². The molecule has 0 spiro atoms. The van der Waals surface area contributed by atoms with E-state index < -0.39 is 0 Å². The first-order valence-electron chi connectivity index (χ1n) is 9.48. The van der Waals surface area contributed by atoms with Gasteiger partial charge < -0.3 is 10.6 Å². The zero-order valence-corrected chi connectivity index (χ0v) is 18.4. The molecule has 3 heterocycles. The van der Waals surface area contributed by atoms with Crippen LogP contribution in [0.4, 0.5) is 0 Å². The Morgan fingerprint density at radius 2 is 1.90 bits per heavy atom. The molecule has 2 amide bonds. The van der Waals surface area contributed by atoms with Gasteiger partial charge in [-0.05, 0) is 26.3 Å². The summed E-state index contributed by atoms with van der Waals surface area (Å²) in [5.41, 5.74) is 2.58. The molecule has 30 heavy (non-hydrogen) atoms. The molecule has 7 nitrogen and oxygen atoms in total. The Bertz CT molecular complexity index is 1210. The van der Waals surface area contributed by atoms with Crippen molar-refractivity contribution in [2.75, 3.05) is 6.54 Å². The van der Waals surface area contributed by atoms with Gasteiger partial charge in [-0.1, -0.05) is 30.3 Å². The van der Waals surface area contributed by atoms with Gasteiger partial charge in [0.15, 0.2) is 4.96 Å². The molecule has 0 aliphatic heterocycles. The van der Waals surface area contributed by atoms with Crippen LogP contribution in [-0.2, 0) is 0 Å². The molecular formula is C21H21N5O2S2. The first kappa shape index (κ1) is 20.2. The number of imidazole rings is 1. The number of rotatable bonds is 6. The van der Waals surface area contributed by atoms with Crippen LogP contribution in [-0.4, -0.2) is 38.8 Å². The van der Waals surface area contributed by atoms with Gasteiger partial charge >= 0.3 is 0 Å². The number of nitrogens with zero attached hydrogens (tertiary/aromatic N) is 3. The average Bonchev–Trinajstić information content (AvgIpc) is 3.41. The SMILES string of the molecule is Cc1nc(C(=O)NC(C)CNC(=O)c2c(C)nc3sccn23)c(-c2ccccc2)s1. The number of amides is 2. The molecule has 154 valence electrons. The Balaban J connectivity index is 1.42. The molecule has 0 aliphatic carbocycles. The molecule has 4 rings (SSSR count). The second-order valence-electron chi connectivity index (χ2n) is 6.96. The zero-order chi connectivity index (χ0) is 21.3. The van der Waals surface area contributed by atoms with Crippen molar-refractivity contribution in [1.29, 1.82) is 0 Å². The summed E-state index contributed by atoms with van der Waals surface area (Å²) in [6, 6.07) is 9.48. The number of aromatic nitrogens is 3. The quantitative estimate of drug-likeness (QED) is 0.480. The number of nitrogens with one attached hydrogen (secondary N) is 2. The maximum absolute atomic E-state index is 12.8. The summed E-state index contributed by atoms with van der Waals surface area (Å²) in [5.74, 6) is -0.463. The van der Waals surface area contributed by atoms with Crippen LogP contribution < -0.4 is 10.6 Å². The number of fused-ring (bicyclic) bond motifs is 1. The standard InChI is InChI=1S/C21H21N5O2S2/c1-12(11-22-20(28)17-13(2)24-21-26(17)9-10-29-21)23-19(27)16-18(30-14(3)25-16)15-7-5-4-6-8-15/h4-10,12H,11H2,1-3H3,(H,22,28)(H,23,27). The topological polar surface area (TPSA) is 88.4 Å². The van der Waals surface area contributed by atoms with Crippen LogP contribution >= 0.6 is 22.7 Å². The largest absolute Gasteiger partial charge is 0.349 e. The minimum absolute atomic E-state index is 0.214. The Hall–Kier alpha value is -3.04. The fourth-order valence-electron chi connectivity index (χ4n) is 3.21. The van der Waals surface area contributed by atoms with Crippen molar-refractivity contribution in [1.82, 2.24) is 25.0 Å². The van der Waals surface area contributed by atoms with Crippen LogP contribution in [0, 0.1) is 13.8 Å². The highest BCUT2D eigenvalue weighted by molar-refractivity contribution is 7.15. The van der Waals surface area contributed by atoms with E-state index in [1.807, 2.05) is 62.7 Å². The van der Waals surface area contributed by atoms with Gasteiger partial charge in [-0.15, -0.1) is 22.7 Å². The van der Waals surface area contributed by atoms with Crippen LogP contribution in [0.5, 0.6) is 0 Å². The lowest BCUT2D eigenvalue weighted by Crippen LogP contribution is -2.42. The lowest BCUT2D eigenvalue weighted by Gasteiger charge is -2.14. The van der Waals surface area contributed by atoms with Crippen molar-refractivity contribution in [3.63, 3.8) is 0 Å². The van der Waals surface area contributed by atoms with Gasteiger partial charge in [0, 0.05) is 24.2 Å². The summed E-state index contributed by atoms with van der Waals surface area (Å²) in [5, 5.41) is 8.55. The molecular weight excluding hydrogens is 418 g/mol. The van der Waals surface area contributed by atoms with Crippen molar-refractivity contribution in [3.05, 3.63) is 64.0 Å². The molecule has 0 saturated heterocycles. The van der Waals surface area contributed by atoms with Crippen molar-refractivity contribution >= 4 is 39.4 Å². The molecule has 0 radical (unpaired) electrons. The van der Waals surface area contributed by atoms with E-state index in [9.17, 15) is 9.59 Å². The van der Waals surface area contributed by atoms with E-state index in [4.69, 9.17) is 0 Å². The van der Waals surface area contributed by atoms with E-state index in [1.54, 1.807) is 4.40 Å². The number of hydrogen-bond donors (Lipinski definition) is 2. The van der Waals surface area contributed by atoms with Gasteiger partial charge in [-0.25, -0.2) is 9.97 Å². The molecule has 0 aliphatic rings. The highest BCUT2D eigenvalue weighted by atomic mass is 32.1. The molecule has 3 aromatic heterocycles. The van der Waals surface area contributed by atoms with E-state index in [2.05, 4.69) is 20.6 Å². The third-order valence-electron chi connectivity index (χ3n) is 4.58. The second-order valence-corrected chi connectivity index (χ2v) is 9.04. The van der Waals surface area contributed by atoms with Crippen molar-refractivity contribution in [2.24, 2.45) is 0 Å². The van der Waals surface area contributed by atoms with E-state index in [0.717, 1.165) is 20.4 Å². The van der Waals surface area contributed by atoms with Crippen LogP contribution in [0.2, 0.25) is 0 Å². The van der Waals surface area contributed by atoms with E-state index in [1.165, 1.54) is 22.7 Å². The summed E-state index contributed by atoms with van der Waals surface area (Å²) in [7, 11) is 0. The van der Waals surface area contributed by atoms with Gasteiger partial charge in [0.05, 0.1) is 15.6 Å². The molecule has 1 unspecified atom stereocenters.